The molecule has 0 unspecified atom stereocenters. The zero-order chi connectivity index (χ0) is 15.8. The molecule has 0 saturated heterocycles. The molecule has 0 amide bonds. The van der Waals surface area contributed by atoms with Crippen LogP contribution in [0.25, 0.3) is 0 Å². The lowest BCUT2D eigenvalue weighted by atomic mass is 9.63. The van der Waals surface area contributed by atoms with Gasteiger partial charge in [0, 0.05) is 23.4 Å². The predicted molar refractivity (Wildman–Crippen MR) is 86.7 cm³/mol. The number of anilines is 1. The Labute approximate surface area is 127 Å². The Morgan fingerprint density at radius 2 is 1.76 bits per heavy atom. The summed E-state index contributed by atoms with van der Waals surface area (Å²) in [5.41, 5.74) is 2.41. The summed E-state index contributed by atoms with van der Waals surface area (Å²) in [5, 5.41) is 14.6. The fourth-order valence-corrected chi connectivity index (χ4v) is 4.15. The molecule has 0 radical (unpaired) electrons. The monoisotopic (exact) mass is 290 g/mol. The number of nitrogens with zero attached hydrogens (tertiary/aromatic N) is 1. The molecule has 1 saturated carbocycles. The SMILES string of the molecule is Cc1c(NC2CC(C)(C)CC(C)(C)C2)cccc1[N+](=O)[O-]. The van der Waals surface area contributed by atoms with Crippen LogP contribution in [0, 0.1) is 27.9 Å². The molecule has 0 aliphatic heterocycles. The molecule has 1 fully saturated rings. The lowest BCUT2D eigenvalue weighted by molar-refractivity contribution is -0.385. The first-order chi connectivity index (χ1) is 9.60. The van der Waals surface area contributed by atoms with E-state index in [0.29, 0.717) is 16.9 Å². The van der Waals surface area contributed by atoms with Crippen LogP contribution in [0.3, 0.4) is 0 Å². The first-order valence-corrected chi connectivity index (χ1v) is 7.60. The quantitative estimate of drug-likeness (QED) is 0.635. The van der Waals surface area contributed by atoms with Gasteiger partial charge in [0.15, 0.2) is 0 Å². The van der Waals surface area contributed by atoms with E-state index in [1.807, 2.05) is 13.0 Å². The van der Waals surface area contributed by atoms with Crippen LogP contribution in [0.5, 0.6) is 0 Å². The van der Waals surface area contributed by atoms with E-state index in [-0.39, 0.29) is 10.6 Å². The van der Waals surface area contributed by atoms with Crippen molar-refractivity contribution in [2.24, 2.45) is 10.8 Å². The average Bonchev–Trinajstić information content (AvgIpc) is 2.27. The van der Waals surface area contributed by atoms with Gasteiger partial charge in [-0.05, 0) is 43.1 Å². The van der Waals surface area contributed by atoms with E-state index in [9.17, 15) is 10.1 Å². The topological polar surface area (TPSA) is 55.2 Å². The number of benzene rings is 1. The van der Waals surface area contributed by atoms with Gasteiger partial charge < -0.3 is 5.32 Å². The molecule has 1 aliphatic carbocycles. The highest BCUT2D eigenvalue weighted by Crippen LogP contribution is 2.46. The van der Waals surface area contributed by atoms with Gasteiger partial charge in [0.1, 0.15) is 0 Å². The summed E-state index contributed by atoms with van der Waals surface area (Å²) in [5.74, 6) is 0. The van der Waals surface area contributed by atoms with Crippen LogP contribution in [-0.2, 0) is 0 Å². The third-order valence-electron chi connectivity index (χ3n) is 4.42. The molecule has 1 aromatic rings. The number of nitro groups is 1. The number of hydrogen-bond acceptors (Lipinski definition) is 3. The zero-order valence-corrected chi connectivity index (χ0v) is 13.7. The van der Waals surface area contributed by atoms with Crippen LogP contribution in [0.4, 0.5) is 11.4 Å². The van der Waals surface area contributed by atoms with Crippen molar-refractivity contribution in [2.45, 2.75) is 59.9 Å². The lowest BCUT2D eigenvalue weighted by Gasteiger charge is -2.45. The summed E-state index contributed by atoms with van der Waals surface area (Å²) in [6.45, 7) is 11.1. The van der Waals surface area contributed by atoms with Gasteiger partial charge >= 0.3 is 0 Å². The zero-order valence-electron chi connectivity index (χ0n) is 13.7. The van der Waals surface area contributed by atoms with Crippen LogP contribution in [-0.4, -0.2) is 11.0 Å². The van der Waals surface area contributed by atoms with Gasteiger partial charge in [-0.25, -0.2) is 0 Å². The molecule has 4 heteroatoms. The smallest absolute Gasteiger partial charge is 0.274 e. The van der Waals surface area contributed by atoms with Crippen LogP contribution >= 0.6 is 0 Å². The molecule has 116 valence electrons. The number of hydrogen-bond donors (Lipinski definition) is 1. The molecule has 0 atom stereocenters. The Hall–Kier alpha value is -1.58. The molecule has 1 aliphatic rings. The minimum atomic E-state index is -0.310. The van der Waals surface area contributed by atoms with Gasteiger partial charge in [0.25, 0.3) is 5.69 Å². The molecule has 0 aromatic heterocycles. The fourth-order valence-electron chi connectivity index (χ4n) is 4.15. The fraction of sp³-hybridized carbons (Fsp3) is 0.647. The molecular weight excluding hydrogens is 264 g/mol. The molecule has 2 rings (SSSR count). The summed E-state index contributed by atoms with van der Waals surface area (Å²) < 4.78 is 0. The maximum atomic E-state index is 11.1. The second kappa shape index (κ2) is 5.32. The molecule has 21 heavy (non-hydrogen) atoms. The first kappa shape index (κ1) is 15.8. The van der Waals surface area contributed by atoms with E-state index in [1.54, 1.807) is 12.1 Å². The van der Waals surface area contributed by atoms with Gasteiger partial charge in [-0.3, -0.25) is 10.1 Å². The van der Waals surface area contributed by atoms with Crippen molar-refractivity contribution in [1.82, 2.24) is 0 Å². The Morgan fingerprint density at radius 3 is 2.29 bits per heavy atom. The average molecular weight is 290 g/mol. The van der Waals surface area contributed by atoms with Crippen molar-refractivity contribution in [2.75, 3.05) is 5.32 Å². The largest absolute Gasteiger partial charge is 0.382 e. The molecule has 0 bridgehead atoms. The molecule has 1 aromatic carbocycles. The lowest BCUT2D eigenvalue weighted by Crippen LogP contribution is -2.40. The Morgan fingerprint density at radius 1 is 1.19 bits per heavy atom. The summed E-state index contributed by atoms with van der Waals surface area (Å²) in [6, 6.07) is 5.63. The van der Waals surface area contributed by atoms with Crippen molar-refractivity contribution in [1.29, 1.82) is 0 Å². The van der Waals surface area contributed by atoms with Gasteiger partial charge in [0.2, 0.25) is 0 Å². The summed E-state index contributed by atoms with van der Waals surface area (Å²) in [6.07, 6.45) is 3.41. The van der Waals surface area contributed by atoms with Gasteiger partial charge in [-0.2, -0.15) is 0 Å². The van der Waals surface area contributed by atoms with E-state index in [1.165, 1.54) is 6.42 Å². The minimum Gasteiger partial charge on any atom is -0.382 e. The Bertz CT molecular complexity index is 534. The van der Waals surface area contributed by atoms with Gasteiger partial charge in [0.05, 0.1) is 4.92 Å². The molecule has 1 N–H and O–H groups in total. The van der Waals surface area contributed by atoms with Crippen LogP contribution < -0.4 is 5.32 Å². The Kier molecular flexibility index (Phi) is 4.00. The van der Waals surface area contributed by atoms with Crippen LogP contribution in [0.2, 0.25) is 0 Å². The Balaban J connectivity index is 2.22. The van der Waals surface area contributed by atoms with Crippen molar-refractivity contribution < 1.29 is 4.92 Å². The molecular formula is C17H26N2O2. The predicted octanol–water partition coefficient (Wildman–Crippen LogP) is 4.92. The summed E-state index contributed by atoms with van der Waals surface area (Å²) in [4.78, 5) is 10.7. The van der Waals surface area contributed by atoms with E-state index in [2.05, 4.69) is 33.0 Å². The maximum Gasteiger partial charge on any atom is 0.274 e. The van der Waals surface area contributed by atoms with E-state index in [0.717, 1.165) is 24.1 Å². The highest BCUT2D eigenvalue weighted by molar-refractivity contribution is 5.60. The molecule has 4 nitrogen and oxygen atoms in total. The number of nitrogens with one attached hydrogen (secondary N) is 1. The molecule has 0 spiro atoms. The summed E-state index contributed by atoms with van der Waals surface area (Å²) >= 11 is 0. The van der Waals surface area contributed by atoms with E-state index in [4.69, 9.17) is 0 Å². The van der Waals surface area contributed by atoms with E-state index < -0.39 is 0 Å². The van der Waals surface area contributed by atoms with Gasteiger partial charge in [-0.15, -0.1) is 0 Å². The van der Waals surface area contributed by atoms with Crippen LogP contribution in [0.1, 0.15) is 52.5 Å². The second-order valence-electron chi connectivity index (χ2n) is 7.96. The maximum absolute atomic E-state index is 11.1. The van der Waals surface area contributed by atoms with Crippen molar-refractivity contribution >= 4 is 11.4 Å². The third kappa shape index (κ3) is 3.74. The van der Waals surface area contributed by atoms with Crippen molar-refractivity contribution in [3.05, 3.63) is 33.9 Å². The third-order valence-corrected chi connectivity index (χ3v) is 4.42. The first-order valence-electron chi connectivity index (χ1n) is 7.60. The van der Waals surface area contributed by atoms with Gasteiger partial charge in [-0.1, -0.05) is 33.8 Å². The van der Waals surface area contributed by atoms with Crippen molar-refractivity contribution in [3.8, 4) is 0 Å². The highest BCUT2D eigenvalue weighted by Gasteiger charge is 2.38. The second-order valence-corrected chi connectivity index (χ2v) is 7.96. The normalized spacial score (nSPS) is 21.0. The number of rotatable bonds is 3. The minimum absolute atomic E-state index is 0.189. The van der Waals surface area contributed by atoms with E-state index >= 15 is 0 Å². The highest BCUT2D eigenvalue weighted by atomic mass is 16.6. The summed E-state index contributed by atoms with van der Waals surface area (Å²) in [7, 11) is 0. The van der Waals surface area contributed by atoms with Crippen LogP contribution in [0.15, 0.2) is 18.2 Å². The standard InChI is InChI=1S/C17H26N2O2/c1-12-14(7-6-8-15(12)19(20)21)18-13-9-16(2,3)11-17(4,5)10-13/h6-8,13,18H,9-11H2,1-5H3. The molecule has 0 heterocycles. The number of nitro benzene ring substituents is 1. The van der Waals surface area contributed by atoms with Crippen molar-refractivity contribution in [3.63, 3.8) is 0 Å².